The molecule has 0 fully saturated rings. The van der Waals surface area contributed by atoms with Crippen molar-refractivity contribution in [2.45, 2.75) is 373 Å². The fourth-order valence-corrected chi connectivity index (χ4v) is 12.9. The Morgan fingerprint density at radius 2 is 0.505 bits per heavy atom. The second-order valence-corrected chi connectivity index (χ2v) is 30.8. The van der Waals surface area contributed by atoms with Gasteiger partial charge >= 0.3 is 33.6 Å². The lowest BCUT2D eigenvalue weighted by Gasteiger charge is -2.21. The summed E-state index contributed by atoms with van der Waals surface area (Å²) in [5.41, 5.74) is 0. The van der Waals surface area contributed by atoms with Crippen LogP contribution in [0, 0.1) is 0 Å². The van der Waals surface area contributed by atoms with Crippen molar-refractivity contribution in [3.8, 4) is 0 Å². The molecule has 4 N–H and O–H groups in total. The van der Waals surface area contributed by atoms with E-state index in [-0.39, 0.29) is 19.3 Å². The molecule has 0 rings (SSSR count). The lowest BCUT2D eigenvalue weighted by molar-refractivity contribution is -0.161. The van der Waals surface area contributed by atoms with Crippen molar-refractivity contribution in [3.63, 3.8) is 0 Å². The first-order chi connectivity index (χ1) is 51.2. The van der Waals surface area contributed by atoms with Gasteiger partial charge in [-0.2, -0.15) is 0 Å². The van der Waals surface area contributed by atoms with Gasteiger partial charge in [0.2, 0.25) is 0 Å². The summed E-state index contributed by atoms with van der Waals surface area (Å²) >= 11 is 0. The number of carbonyl (C=O) groups is 3. The van der Waals surface area contributed by atoms with E-state index < -0.39 is 91.5 Å². The van der Waals surface area contributed by atoms with Gasteiger partial charge in [0.25, 0.3) is 0 Å². The number of aliphatic hydroxyl groups excluding tert-OH is 2. The van der Waals surface area contributed by atoms with E-state index in [2.05, 4.69) is 142 Å². The zero-order valence-corrected chi connectivity index (χ0v) is 68.2. The fraction of sp³-hybridized carbons (Fsp3) is 0.736. The van der Waals surface area contributed by atoms with E-state index in [4.69, 9.17) is 32.3 Å². The Morgan fingerprint density at radius 1 is 0.276 bits per heavy atom. The molecule has 0 aromatic carbocycles. The van der Waals surface area contributed by atoms with Crippen LogP contribution in [0.2, 0.25) is 0 Å². The number of esters is 3. The first-order valence-corrected chi connectivity index (χ1v) is 44.8. The third-order valence-electron chi connectivity index (χ3n) is 17.6. The summed E-state index contributed by atoms with van der Waals surface area (Å²) < 4.78 is 61.1. The summed E-state index contributed by atoms with van der Waals surface area (Å²) in [4.78, 5) is 58.6. The van der Waals surface area contributed by atoms with Crippen LogP contribution in [-0.4, -0.2) is 95.9 Å². The first-order valence-electron chi connectivity index (χ1n) is 41.8. The molecule has 18 heteroatoms. The Labute approximate surface area is 640 Å². The topological polar surface area (TPSA) is 231 Å². The van der Waals surface area contributed by atoms with E-state index in [0.717, 1.165) is 141 Å². The van der Waals surface area contributed by atoms with Gasteiger partial charge in [0.1, 0.15) is 25.4 Å². The number of allylic oxidation sites excluding steroid dienone is 20. The monoisotopic (exact) mass is 1520 g/mol. The Morgan fingerprint density at radius 3 is 0.829 bits per heavy atom. The van der Waals surface area contributed by atoms with Crippen LogP contribution in [0.15, 0.2) is 122 Å². The van der Waals surface area contributed by atoms with Crippen LogP contribution >= 0.6 is 15.6 Å². The Hall–Kier alpha value is -4.05. The van der Waals surface area contributed by atoms with Gasteiger partial charge in [0.05, 0.1) is 26.4 Å². The van der Waals surface area contributed by atoms with Gasteiger partial charge in [0.15, 0.2) is 6.10 Å². The highest BCUT2D eigenvalue weighted by Gasteiger charge is 2.29. The van der Waals surface area contributed by atoms with E-state index in [1.807, 2.05) is 0 Å². The number of aliphatic hydroxyl groups is 2. The minimum Gasteiger partial charge on any atom is -0.463 e. The average molecular weight is 1520 g/mol. The first kappa shape index (κ1) is 101. The molecule has 0 bridgehead atoms. The molecule has 0 heterocycles. The van der Waals surface area contributed by atoms with E-state index in [1.165, 1.54) is 154 Å². The third-order valence-corrected chi connectivity index (χ3v) is 19.5. The zero-order chi connectivity index (χ0) is 76.6. The predicted octanol–water partition coefficient (Wildman–Crippen LogP) is 24.9. The molecule has 0 saturated heterocycles. The molecule has 0 aromatic heterocycles. The third kappa shape index (κ3) is 80.8. The summed E-state index contributed by atoms with van der Waals surface area (Å²) in [6.07, 6.45) is 95.6. The highest BCUT2D eigenvalue weighted by Crippen LogP contribution is 2.45. The number of rotatable bonds is 79. The normalized spacial score (nSPS) is 14.5. The molecule has 16 nitrogen and oxygen atoms in total. The molecule has 0 radical (unpaired) electrons. The average Bonchev–Trinajstić information content (AvgIpc) is 0.932. The molecule has 0 aliphatic rings. The summed E-state index contributed by atoms with van der Waals surface area (Å²) in [5, 5.41) is 20.7. The molecule has 0 spiro atoms. The van der Waals surface area contributed by atoms with Crippen LogP contribution in [0.4, 0.5) is 0 Å². The molecule has 0 aliphatic carbocycles. The van der Waals surface area contributed by atoms with E-state index >= 15 is 0 Å². The quantitative estimate of drug-likeness (QED) is 0.0146. The van der Waals surface area contributed by atoms with Crippen LogP contribution in [0.5, 0.6) is 0 Å². The highest BCUT2D eigenvalue weighted by molar-refractivity contribution is 7.47. The molecular formula is C87H152O16P2. The number of unbranched alkanes of at least 4 members (excludes halogenated alkanes) is 36. The van der Waals surface area contributed by atoms with Gasteiger partial charge in [-0.1, -0.05) is 322 Å². The van der Waals surface area contributed by atoms with Gasteiger partial charge in [-0.3, -0.25) is 32.5 Å². The van der Waals surface area contributed by atoms with Gasteiger partial charge in [-0.05, 0) is 135 Å². The van der Waals surface area contributed by atoms with Crippen LogP contribution in [0.1, 0.15) is 355 Å². The van der Waals surface area contributed by atoms with Crippen LogP contribution < -0.4 is 0 Å². The number of phosphoric ester groups is 2. The van der Waals surface area contributed by atoms with Gasteiger partial charge in [-0.15, -0.1) is 0 Å². The van der Waals surface area contributed by atoms with E-state index in [0.29, 0.717) is 19.3 Å². The largest absolute Gasteiger partial charge is 0.472 e. The summed E-state index contributed by atoms with van der Waals surface area (Å²) in [6.45, 7) is 2.52. The van der Waals surface area contributed by atoms with Crippen molar-refractivity contribution in [1.82, 2.24) is 0 Å². The second kappa shape index (κ2) is 79.5. The lowest BCUT2D eigenvalue weighted by Crippen LogP contribution is -2.30. The minimum atomic E-state index is -4.94. The number of carbonyl (C=O) groups excluding carboxylic acids is 3. The Bertz CT molecular complexity index is 2390. The second-order valence-electron chi connectivity index (χ2n) is 27.9. The number of ether oxygens (including phenoxy) is 3. The number of hydrogen-bond acceptors (Lipinski definition) is 14. The van der Waals surface area contributed by atoms with Crippen LogP contribution in [0.3, 0.4) is 0 Å². The summed E-state index contributed by atoms with van der Waals surface area (Å²) in [5.74, 6) is -1.60. The van der Waals surface area contributed by atoms with Crippen molar-refractivity contribution in [3.05, 3.63) is 122 Å². The Kier molecular flexibility index (Phi) is 76.4. The van der Waals surface area contributed by atoms with E-state index in [9.17, 15) is 43.5 Å². The molecule has 105 heavy (non-hydrogen) atoms. The molecule has 606 valence electrons. The maximum absolute atomic E-state index is 12.9. The van der Waals surface area contributed by atoms with Crippen LogP contribution in [-0.2, 0) is 55.8 Å². The Balaban J connectivity index is 4.38. The maximum Gasteiger partial charge on any atom is 0.472 e. The smallest absolute Gasteiger partial charge is 0.463 e. The molecule has 0 aromatic rings. The zero-order valence-electron chi connectivity index (χ0n) is 66.4. The standard InChI is InChI=1S/C87H152O16P2/c1-4-7-10-13-16-19-22-25-27-29-31-33-34-35-36-37-38-39-40-41-42-43-44-45-46-48-50-51-53-56-58-61-64-67-70-73-85(90)97-76-82(88)77-99-104(93,94)100-78-83(89)79-101-105(95,96)102-81-84(103-87(92)75-72-69-66-63-60-55-24-21-18-15-12-9-6-3)80-98-86(91)74-71-68-65-62-59-57-54-52-49-47-32-30-28-26-23-20-17-14-11-8-5-2/h8,11,16-17,19-21,24-28,31-33,35-36,47,52,54,82-84,88-89H,4-7,9-10,12-15,18,22-23,29-30,34,37-46,48-51,53,55-81H2,1-3H3,(H,93,94)(H,95,96)/b11-8-,19-16-,20-17-,24-21-,27-25-,28-26-,33-31-,36-35-,47-32-,54-52-. The maximum atomic E-state index is 12.9. The van der Waals surface area contributed by atoms with Crippen molar-refractivity contribution in [1.29, 1.82) is 0 Å². The van der Waals surface area contributed by atoms with Crippen LogP contribution in [0.25, 0.3) is 0 Å². The SMILES string of the molecule is CC/C=C\C/C=C\C/C=C\C/C=C\C/C=C\CCCCCCCC(=O)OCC(COP(=O)(O)OCC(O)COP(=O)(O)OCC(O)COC(=O)CCCCCCCCCCCCCCCCCCCCC/C=C\C/C=C\C/C=C\C/C=C\CCCCC)OC(=O)CCCCCCC/C=C\CCCCCC. The minimum absolute atomic E-state index is 0.0887. The molecule has 0 aliphatic heterocycles. The van der Waals surface area contributed by atoms with Gasteiger partial charge < -0.3 is 34.2 Å². The lowest BCUT2D eigenvalue weighted by atomic mass is 10.0. The molecule has 5 atom stereocenters. The number of hydrogen-bond donors (Lipinski definition) is 4. The number of phosphoric acid groups is 2. The molecule has 5 unspecified atom stereocenters. The van der Waals surface area contributed by atoms with Crippen molar-refractivity contribution >= 4 is 33.6 Å². The highest BCUT2D eigenvalue weighted by atomic mass is 31.2. The molecule has 0 amide bonds. The van der Waals surface area contributed by atoms with Crippen molar-refractivity contribution < 1.29 is 75.8 Å². The molecule has 0 saturated carbocycles. The van der Waals surface area contributed by atoms with Gasteiger partial charge in [0, 0.05) is 19.3 Å². The van der Waals surface area contributed by atoms with Crippen molar-refractivity contribution in [2.75, 3.05) is 39.6 Å². The fourth-order valence-electron chi connectivity index (χ4n) is 11.3. The summed E-state index contributed by atoms with van der Waals surface area (Å²) in [6, 6.07) is 0. The predicted molar refractivity (Wildman–Crippen MR) is 436 cm³/mol. The van der Waals surface area contributed by atoms with Crippen molar-refractivity contribution in [2.24, 2.45) is 0 Å². The van der Waals surface area contributed by atoms with Gasteiger partial charge in [-0.25, -0.2) is 9.13 Å². The molecular weight excluding hydrogens is 1360 g/mol. The summed E-state index contributed by atoms with van der Waals surface area (Å²) in [7, 11) is -9.79. The van der Waals surface area contributed by atoms with E-state index in [1.54, 1.807) is 0 Å².